The van der Waals surface area contributed by atoms with Crippen molar-refractivity contribution in [3.8, 4) is 0 Å². The van der Waals surface area contributed by atoms with Crippen LogP contribution < -0.4 is 5.32 Å². The molecule has 0 saturated carbocycles. The molecule has 0 radical (unpaired) electrons. The summed E-state index contributed by atoms with van der Waals surface area (Å²) in [7, 11) is -3.57. The number of carbonyl (C=O) groups excluding carboxylic acids is 1. The van der Waals surface area contributed by atoms with Gasteiger partial charge in [0, 0.05) is 29.2 Å². The number of amides is 1. The number of H-pyrrole nitrogens is 1. The van der Waals surface area contributed by atoms with E-state index in [9.17, 15) is 13.2 Å². The second-order valence-corrected chi connectivity index (χ2v) is 9.21. The minimum atomic E-state index is -3.57. The lowest BCUT2D eigenvalue weighted by molar-refractivity contribution is 0.0924. The van der Waals surface area contributed by atoms with Crippen LogP contribution in [0.3, 0.4) is 0 Å². The van der Waals surface area contributed by atoms with Gasteiger partial charge in [-0.1, -0.05) is 15.9 Å². The molecule has 1 aromatic heterocycles. The van der Waals surface area contributed by atoms with Crippen LogP contribution in [0.2, 0.25) is 0 Å². The molecule has 1 saturated heterocycles. The highest BCUT2D eigenvalue weighted by Gasteiger charge is 2.33. The maximum absolute atomic E-state index is 12.8. The number of sulfonamides is 1. The van der Waals surface area contributed by atoms with Crippen molar-refractivity contribution in [2.45, 2.75) is 37.6 Å². The van der Waals surface area contributed by atoms with Crippen molar-refractivity contribution >= 4 is 31.9 Å². The molecule has 2 aromatic rings. The van der Waals surface area contributed by atoms with Crippen LogP contribution in [0.15, 0.2) is 33.6 Å². The summed E-state index contributed by atoms with van der Waals surface area (Å²) in [5.41, 5.74) is 1.62. The lowest BCUT2D eigenvalue weighted by Crippen LogP contribution is -2.46. The second-order valence-electron chi connectivity index (χ2n) is 6.42. The number of rotatable bonds is 4. The molecule has 7 nitrogen and oxygen atoms in total. The summed E-state index contributed by atoms with van der Waals surface area (Å²) in [6, 6.07) is 7.11. The van der Waals surface area contributed by atoms with E-state index >= 15 is 0 Å². The number of carbonyl (C=O) groups is 1. The number of hydrogen-bond donors (Lipinski definition) is 2. The van der Waals surface area contributed by atoms with Gasteiger partial charge in [0.15, 0.2) is 0 Å². The Kier molecular flexibility index (Phi) is 5.50. The fourth-order valence-corrected chi connectivity index (χ4v) is 5.23. The van der Waals surface area contributed by atoms with Crippen LogP contribution >= 0.6 is 15.9 Å². The van der Waals surface area contributed by atoms with E-state index in [1.807, 2.05) is 12.1 Å². The van der Waals surface area contributed by atoms with Gasteiger partial charge >= 0.3 is 0 Å². The van der Waals surface area contributed by atoms with Gasteiger partial charge < -0.3 is 5.32 Å². The first-order chi connectivity index (χ1) is 12.3. The Bertz CT molecular complexity index is 881. The van der Waals surface area contributed by atoms with E-state index in [1.54, 1.807) is 26.0 Å². The Morgan fingerprint density at radius 3 is 2.38 bits per heavy atom. The van der Waals surface area contributed by atoms with Crippen LogP contribution in [0.4, 0.5) is 0 Å². The number of piperidine rings is 1. The van der Waals surface area contributed by atoms with Crippen LogP contribution in [0, 0.1) is 13.8 Å². The number of hydrogen-bond acceptors (Lipinski definition) is 4. The Morgan fingerprint density at radius 2 is 1.85 bits per heavy atom. The molecule has 2 N–H and O–H groups in total. The maximum Gasteiger partial charge on any atom is 0.251 e. The molecule has 0 atom stereocenters. The Balaban J connectivity index is 1.62. The average molecular weight is 441 g/mol. The number of aryl methyl sites for hydroxylation is 2. The van der Waals surface area contributed by atoms with Gasteiger partial charge in [-0.2, -0.15) is 9.40 Å². The van der Waals surface area contributed by atoms with Crippen molar-refractivity contribution in [1.29, 1.82) is 0 Å². The first-order valence-corrected chi connectivity index (χ1v) is 10.6. The topological polar surface area (TPSA) is 95.2 Å². The van der Waals surface area contributed by atoms with Gasteiger partial charge in [0.05, 0.1) is 11.4 Å². The zero-order valence-corrected chi connectivity index (χ0v) is 17.0. The van der Waals surface area contributed by atoms with E-state index in [4.69, 9.17) is 0 Å². The molecule has 1 aliphatic heterocycles. The highest BCUT2D eigenvalue weighted by molar-refractivity contribution is 9.10. The van der Waals surface area contributed by atoms with Gasteiger partial charge in [0.1, 0.15) is 4.90 Å². The van der Waals surface area contributed by atoms with Gasteiger partial charge in [-0.05, 0) is 51.0 Å². The minimum Gasteiger partial charge on any atom is -0.349 e. The zero-order valence-electron chi connectivity index (χ0n) is 14.6. The number of benzene rings is 1. The van der Waals surface area contributed by atoms with Crippen molar-refractivity contribution in [2.75, 3.05) is 13.1 Å². The van der Waals surface area contributed by atoms with E-state index in [1.165, 1.54) is 4.31 Å². The summed E-state index contributed by atoms with van der Waals surface area (Å²) in [5.74, 6) is -0.139. The molecule has 9 heteroatoms. The van der Waals surface area contributed by atoms with E-state index in [0.29, 0.717) is 42.9 Å². The fourth-order valence-electron chi connectivity index (χ4n) is 3.16. The van der Waals surface area contributed by atoms with E-state index in [-0.39, 0.29) is 16.8 Å². The van der Waals surface area contributed by atoms with Gasteiger partial charge in [0.25, 0.3) is 5.91 Å². The van der Waals surface area contributed by atoms with Crippen molar-refractivity contribution in [1.82, 2.24) is 19.8 Å². The van der Waals surface area contributed by atoms with Crippen molar-refractivity contribution in [3.05, 3.63) is 45.7 Å². The van der Waals surface area contributed by atoms with Gasteiger partial charge in [-0.3, -0.25) is 9.89 Å². The van der Waals surface area contributed by atoms with Crippen molar-refractivity contribution in [2.24, 2.45) is 0 Å². The normalized spacial score (nSPS) is 16.6. The molecular formula is C17H21BrN4O3S. The van der Waals surface area contributed by atoms with E-state index < -0.39 is 10.0 Å². The highest BCUT2D eigenvalue weighted by Crippen LogP contribution is 2.24. The van der Waals surface area contributed by atoms with Crippen LogP contribution in [-0.2, 0) is 10.0 Å². The zero-order chi connectivity index (χ0) is 18.9. The summed E-state index contributed by atoms with van der Waals surface area (Å²) in [4.78, 5) is 12.6. The summed E-state index contributed by atoms with van der Waals surface area (Å²) >= 11 is 3.34. The number of nitrogens with one attached hydrogen (secondary N) is 2. The minimum absolute atomic E-state index is 0.0378. The van der Waals surface area contributed by atoms with Crippen molar-refractivity contribution < 1.29 is 13.2 Å². The molecular weight excluding hydrogens is 420 g/mol. The molecule has 2 heterocycles. The summed E-state index contributed by atoms with van der Waals surface area (Å²) < 4.78 is 28.1. The molecule has 0 aliphatic carbocycles. The Labute approximate surface area is 161 Å². The fraction of sp³-hybridized carbons (Fsp3) is 0.412. The molecule has 0 bridgehead atoms. The van der Waals surface area contributed by atoms with E-state index in [2.05, 4.69) is 31.4 Å². The molecule has 1 fully saturated rings. The molecule has 140 valence electrons. The largest absolute Gasteiger partial charge is 0.349 e. The molecule has 1 amide bonds. The predicted molar refractivity (Wildman–Crippen MR) is 101 cm³/mol. The number of nitrogens with zero attached hydrogens (tertiary/aromatic N) is 2. The molecule has 26 heavy (non-hydrogen) atoms. The number of aromatic nitrogens is 2. The standard InChI is InChI=1S/C17H21BrN4O3S/c1-11-16(12(2)21-20-11)26(24,25)22-9-7-15(8-10-22)19-17(23)13-3-5-14(18)6-4-13/h3-6,15H,7-10H2,1-2H3,(H,19,23)(H,20,21). The smallest absolute Gasteiger partial charge is 0.251 e. The van der Waals surface area contributed by atoms with Crippen LogP contribution in [0.5, 0.6) is 0 Å². The van der Waals surface area contributed by atoms with Crippen molar-refractivity contribution in [3.63, 3.8) is 0 Å². The second kappa shape index (κ2) is 7.50. The molecule has 0 unspecified atom stereocenters. The lowest BCUT2D eigenvalue weighted by atomic mass is 10.1. The monoisotopic (exact) mass is 440 g/mol. The quantitative estimate of drug-likeness (QED) is 0.762. The van der Waals surface area contributed by atoms with Crippen LogP contribution in [0.1, 0.15) is 34.6 Å². The third kappa shape index (κ3) is 3.84. The number of aromatic amines is 1. The summed E-state index contributed by atoms with van der Waals surface area (Å²) in [6.07, 6.45) is 1.16. The number of halogens is 1. The highest BCUT2D eigenvalue weighted by atomic mass is 79.9. The van der Waals surface area contributed by atoms with Gasteiger partial charge in [-0.15, -0.1) is 0 Å². The third-order valence-electron chi connectivity index (χ3n) is 4.55. The van der Waals surface area contributed by atoms with Crippen LogP contribution in [-0.4, -0.2) is 48.0 Å². The first-order valence-electron chi connectivity index (χ1n) is 8.37. The molecule has 1 aliphatic rings. The van der Waals surface area contributed by atoms with Gasteiger partial charge in [0.2, 0.25) is 10.0 Å². The third-order valence-corrected chi connectivity index (χ3v) is 7.25. The molecule has 3 rings (SSSR count). The first kappa shape index (κ1) is 19.1. The SMILES string of the molecule is Cc1n[nH]c(C)c1S(=O)(=O)N1CCC(NC(=O)c2ccc(Br)cc2)CC1. The lowest BCUT2D eigenvalue weighted by Gasteiger charge is -2.31. The van der Waals surface area contributed by atoms with E-state index in [0.717, 1.165) is 4.47 Å². The Morgan fingerprint density at radius 1 is 1.23 bits per heavy atom. The molecule has 0 spiro atoms. The maximum atomic E-state index is 12.8. The van der Waals surface area contributed by atoms with Gasteiger partial charge in [-0.25, -0.2) is 8.42 Å². The van der Waals surface area contributed by atoms with Crippen LogP contribution in [0.25, 0.3) is 0 Å². The summed E-state index contributed by atoms with van der Waals surface area (Å²) in [5, 5.41) is 9.69. The predicted octanol–water partition coefficient (Wildman–Crippen LogP) is 2.37. The average Bonchev–Trinajstić information content (AvgIpc) is 2.95. The molecule has 1 aromatic carbocycles. The Hall–Kier alpha value is -1.71. The summed E-state index contributed by atoms with van der Waals surface area (Å²) in [6.45, 7) is 4.13.